The Hall–Kier alpha value is -1.48. The summed E-state index contributed by atoms with van der Waals surface area (Å²) in [6.07, 6.45) is 7.98. The maximum atomic E-state index is 10.0. The number of piperazine rings is 1. The van der Waals surface area contributed by atoms with Crippen LogP contribution in [0.5, 0.6) is 0 Å². The summed E-state index contributed by atoms with van der Waals surface area (Å²) in [5.41, 5.74) is 0. The summed E-state index contributed by atoms with van der Waals surface area (Å²) in [6, 6.07) is 0. The van der Waals surface area contributed by atoms with Crippen LogP contribution in [0.2, 0.25) is 0 Å². The zero-order valence-corrected chi connectivity index (χ0v) is 12.3. The predicted octanol–water partition coefficient (Wildman–Crippen LogP) is 0.336. The Bertz CT molecular complexity index is 379. The van der Waals surface area contributed by atoms with Gasteiger partial charge in [-0.2, -0.15) is 0 Å². The number of terminal acetylenes is 1. The van der Waals surface area contributed by atoms with Gasteiger partial charge < -0.3 is 19.9 Å². The van der Waals surface area contributed by atoms with Crippen molar-refractivity contribution in [3.05, 3.63) is 23.7 Å². The van der Waals surface area contributed by atoms with Crippen molar-refractivity contribution in [3.63, 3.8) is 0 Å². The summed E-state index contributed by atoms with van der Waals surface area (Å²) in [6.45, 7) is 6.44. The number of hydrogen-bond acceptors (Lipinski definition) is 5. The van der Waals surface area contributed by atoms with Gasteiger partial charge in [0.15, 0.2) is 11.5 Å². The Balaban J connectivity index is 2.42. The van der Waals surface area contributed by atoms with Crippen molar-refractivity contribution in [2.24, 2.45) is 0 Å². The third-order valence-corrected chi connectivity index (χ3v) is 3.05. The summed E-state index contributed by atoms with van der Waals surface area (Å²) in [5.74, 6) is 3.45. The highest BCUT2D eigenvalue weighted by molar-refractivity contribution is 5.26. The molecule has 112 valence electrons. The molecule has 0 aromatic carbocycles. The van der Waals surface area contributed by atoms with Gasteiger partial charge in [-0.15, -0.1) is 6.42 Å². The molecule has 1 atom stereocenters. The smallest absolute Gasteiger partial charge is 0.169 e. The first-order valence-electron chi connectivity index (χ1n) is 6.82. The van der Waals surface area contributed by atoms with Gasteiger partial charge in [-0.3, -0.25) is 4.90 Å². The van der Waals surface area contributed by atoms with Crippen molar-refractivity contribution in [2.45, 2.75) is 13.0 Å². The van der Waals surface area contributed by atoms with Crippen LogP contribution in [0.15, 0.2) is 23.7 Å². The number of aliphatic hydroxyl groups excluding tert-OH is 1. The summed E-state index contributed by atoms with van der Waals surface area (Å²) < 4.78 is 10.7. The molecule has 2 N–H and O–H groups in total. The minimum atomic E-state index is -0.552. The largest absolute Gasteiger partial charge is 0.493 e. The molecular weight excluding hydrogens is 256 g/mol. The van der Waals surface area contributed by atoms with Crippen LogP contribution in [0.25, 0.3) is 0 Å². The van der Waals surface area contributed by atoms with Crippen molar-refractivity contribution in [1.82, 2.24) is 10.2 Å². The highest BCUT2D eigenvalue weighted by Crippen LogP contribution is 2.12. The number of β-amino-alcohol motifs (C(OH)–C–C–N with tert-alkyl or cyclic N) is 1. The van der Waals surface area contributed by atoms with Gasteiger partial charge in [0.1, 0.15) is 12.7 Å². The zero-order valence-electron chi connectivity index (χ0n) is 12.3. The third-order valence-electron chi connectivity index (χ3n) is 3.05. The molecule has 5 heteroatoms. The summed E-state index contributed by atoms with van der Waals surface area (Å²) in [5, 5.41) is 13.3. The molecule has 0 aromatic heterocycles. The fraction of sp³-hybridized carbons (Fsp3) is 0.600. The van der Waals surface area contributed by atoms with Crippen LogP contribution >= 0.6 is 0 Å². The highest BCUT2D eigenvalue weighted by Gasteiger charge is 2.16. The summed E-state index contributed by atoms with van der Waals surface area (Å²) in [7, 11) is 1.56. The number of hydrogen-bond donors (Lipinski definition) is 2. The van der Waals surface area contributed by atoms with E-state index in [1.807, 2.05) is 6.92 Å². The first-order chi connectivity index (χ1) is 9.71. The molecule has 1 aliphatic heterocycles. The van der Waals surface area contributed by atoms with Crippen LogP contribution in [0, 0.1) is 12.3 Å². The van der Waals surface area contributed by atoms with Crippen LogP contribution in [0.3, 0.4) is 0 Å². The van der Waals surface area contributed by atoms with Gasteiger partial charge >= 0.3 is 0 Å². The van der Waals surface area contributed by atoms with Gasteiger partial charge in [0.05, 0.1) is 7.11 Å². The maximum Gasteiger partial charge on any atom is 0.169 e. The molecule has 1 aliphatic rings. The normalized spacial score (nSPS) is 19.3. The number of rotatable bonds is 7. The Morgan fingerprint density at radius 2 is 2.15 bits per heavy atom. The standard InChI is InChI=1S/C15H24N2O3/c1-4-6-15(14(5-2)19-3)20-12-13(18)11-17-9-7-16-8-10-17/h1,5-6,13,16,18H,7-12H2,2-3H3/b14-5+,15-6+. The summed E-state index contributed by atoms with van der Waals surface area (Å²) >= 11 is 0. The lowest BCUT2D eigenvalue weighted by Crippen LogP contribution is -2.47. The topological polar surface area (TPSA) is 54.0 Å². The molecule has 20 heavy (non-hydrogen) atoms. The van der Waals surface area contributed by atoms with Crippen LogP contribution in [-0.4, -0.2) is 62.6 Å². The number of methoxy groups -OCH3 is 1. The van der Waals surface area contributed by atoms with Crippen molar-refractivity contribution >= 4 is 0 Å². The Kier molecular flexibility index (Phi) is 7.81. The van der Waals surface area contributed by atoms with Gasteiger partial charge in [-0.25, -0.2) is 0 Å². The number of ether oxygens (including phenoxy) is 2. The van der Waals surface area contributed by atoms with Crippen molar-refractivity contribution in [1.29, 1.82) is 0 Å². The second-order valence-electron chi connectivity index (χ2n) is 4.55. The van der Waals surface area contributed by atoms with E-state index in [2.05, 4.69) is 16.1 Å². The molecule has 5 nitrogen and oxygen atoms in total. The number of nitrogens with zero attached hydrogens (tertiary/aromatic N) is 1. The minimum absolute atomic E-state index is 0.193. The minimum Gasteiger partial charge on any atom is -0.493 e. The average Bonchev–Trinajstić information content (AvgIpc) is 2.47. The molecule has 0 saturated carbocycles. The van der Waals surface area contributed by atoms with Gasteiger partial charge in [-0.1, -0.05) is 5.92 Å². The van der Waals surface area contributed by atoms with Gasteiger partial charge in [0, 0.05) is 38.8 Å². The van der Waals surface area contributed by atoms with E-state index in [1.165, 1.54) is 6.08 Å². The molecule has 0 spiro atoms. The second kappa shape index (κ2) is 9.43. The second-order valence-corrected chi connectivity index (χ2v) is 4.55. The Morgan fingerprint density at radius 3 is 2.70 bits per heavy atom. The van der Waals surface area contributed by atoms with Crippen molar-refractivity contribution < 1.29 is 14.6 Å². The fourth-order valence-electron chi connectivity index (χ4n) is 2.05. The molecule has 0 aromatic rings. The van der Waals surface area contributed by atoms with Crippen molar-refractivity contribution in [2.75, 3.05) is 46.4 Å². The lowest BCUT2D eigenvalue weighted by molar-refractivity contribution is 0.0369. The van der Waals surface area contributed by atoms with E-state index >= 15 is 0 Å². The lowest BCUT2D eigenvalue weighted by atomic mass is 10.3. The number of aliphatic hydroxyl groups is 1. The van der Waals surface area contributed by atoms with E-state index in [4.69, 9.17) is 15.9 Å². The molecule has 0 aliphatic carbocycles. The predicted molar refractivity (Wildman–Crippen MR) is 79.0 cm³/mol. The van der Waals surface area contributed by atoms with Gasteiger partial charge in [0.25, 0.3) is 0 Å². The molecular formula is C15H24N2O3. The number of nitrogens with one attached hydrogen (secondary N) is 1. The van der Waals surface area contributed by atoms with Crippen LogP contribution < -0.4 is 5.32 Å². The van der Waals surface area contributed by atoms with Crippen LogP contribution in [-0.2, 0) is 9.47 Å². The van der Waals surface area contributed by atoms with Crippen LogP contribution in [0.1, 0.15) is 6.92 Å². The molecule has 1 fully saturated rings. The number of allylic oxidation sites excluding steroid dienone is 2. The van der Waals surface area contributed by atoms with E-state index in [1.54, 1.807) is 13.2 Å². The lowest BCUT2D eigenvalue weighted by Gasteiger charge is -2.29. The average molecular weight is 280 g/mol. The highest BCUT2D eigenvalue weighted by atomic mass is 16.5. The Labute approximate surface area is 121 Å². The molecule has 1 saturated heterocycles. The molecule has 0 radical (unpaired) electrons. The molecule has 1 unspecified atom stereocenters. The molecule has 1 heterocycles. The van der Waals surface area contributed by atoms with E-state index in [-0.39, 0.29) is 6.61 Å². The monoisotopic (exact) mass is 280 g/mol. The molecule has 0 bridgehead atoms. The first-order valence-corrected chi connectivity index (χ1v) is 6.82. The molecule has 0 amide bonds. The fourth-order valence-corrected chi connectivity index (χ4v) is 2.05. The third kappa shape index (κ3) is 5.66. The van der Waals surface area contributed by atoms with Gasteiger partial charge in [0.2, 0.25) is 0 Å². The van der Waals surface area contributed by atoms with Gasteiger partial charge in [-0.05, 0) is 13.0 Å². The zero-order chi connectivity index (χ0) is 14.8. The molecule has 1 rings (SSSR count). The SMILES string of the molecule is C#C/C=C(OCC(O)CN1CCNCC1)\C(=C/C)OC. The quantitative estimate of drug-likeness (QED) is 0.400. The Morgan fingerprint density at radius 1 is 1.45 bits per heavy atom. The van der Waals surface area contributed by atoms with E-state index < -0.39 is 6.10 Å². The van der Waals surface area contributed by atoms with E-state index in [0.717, 1.165) is 26.2 Å². The van der Waals surface area contributed by atoms with E-state index in [9.17, 15) is 5.11 Å². The first kappa shape index (κ1) is 16.6. The van der Waals surface area contributed by atoms with Crippen LogP contribution in [0.4, 0.5) is 0 Å². The van der Waals surface area contributed by atoms with E-state index in [0.29, 0.717) is 18.1 Å². The summed E-state index contributed by atoms with van der Waals surface area (Å²) in [4.78, 5) is 2.21. The maximum absolute atomic E-state index is 10.0. The van der Waals surface area contributed by atoms with Crippen molar-refractivity contribution in [3.8, 4) is 12.3 Å².